The minimum absolute atomic E-state index is 0.131. The van der Waals surface area contributed by atoms with Crippen LogP contribution in [0.3, 0.4) is 0 Å². The maximum atomic E-state index is 13.1. The monoisotopic (exact) mass is 525 g/mol. The lowest BCUT2D eigenvalue weighted by Crippen LogP contribution is -2.35. The van der Waals surface area contributed by atoms with Crippen molar-refractivity contribution < 1.29 is 22.7 Å². The Morgan fingerprint density at radius 2 is 1.86 bits per heavy atom. The fourth-order valence-electron chi connectivity index (χ4n) is 4.24. The van der Waals surface area contributed by atoms with Crippen molar-refractivity contribution in [3.8, 4) is 5.75 Å². The third-order valence-corrected chi connectivity index (χ3v) is 7.28. The molecule has 37 heavy (non-hydrogen) atoms. The van der Waals surface area contributed by atoms with Crippen LogP contribution < -0.4 is 4.74 Å². The van der Waals surface area contributed by atoms with Gasteiger partial charge in [-0.2, -0.15) is 28.3 Å². The first-order valence-corrected chi connectivity index (χ1v) is 12.2. The van der Waals surface area contributed by atoms with Crippen LogP contribution in [-0.4, -0.2) is 44.3 Å². The van der Waals surface area contributed by atoms with E-state index in [9.17, 15) is 18.0 Å². The molecule has 1 N–H and O–H groups in total. The zero-order chi connectivity index (χ0) is 26.5. The smallest absolute Gasteiger partial charge is 0.441 e. The molecular formula is C26H22F3N5O2S. The van der Waals surface area contributed by atoms with Gasteiger partial charge in [-0.1, -0.05) is 24.3 Å². The number of hydrogen-bond acceptors (Lipinski definition) is 5. The van der Waals surface area contributed by atoms with Crippen LogP contribution in [0.25, 0.3) is 17.0 Å². The number of rotatable bonds is 5. The van der Waals surface area contributed by atoms with E-state index in [1.165, 1.54) is 11.6 Å². The van der Waals surface area contributed by atoms with Gasteiger partial charge in [0.25, 0.3) is 5.91 Å². The zero-order valence-electron chi connectivity index (χ0n) is 20.2. The second-order valence-corrected chi connectivity index (χ2v) is 9.64. The number of ether oxygens (including phenoxy) is 1. The summed E-state index contributed by atoms with van der Waals surface area (Å²) in [5.41, 5.74) is 4.60. The molecule has 3 heterocycles. The number of aliphatic imine (C=N–C) groups is 1. The average molecular weight is 526 g/mol. The average Bonchev–Trinajstić information content (AvgIpc) is 3.39. The number of alkyl halides is 3. The van der Waals surface area contributed by atoms with Gasteiger partial charge in [0.1, 0.15) is 12.4 Å². The van der Waals surface area contributed by atoms with Gasteiger partial charge in [0.05, 0.1) is 12.1 Å². The number of carbonyl (C=O) groups excluding carboxylic acids is 1. The molecule has 3 aromatic rings. The number of fused-ring (bicyclic) bond motifs is 2. The summed E-state index contributed by atoms with van der Waals surface area (Å²) in [7, 11) is 0. The van der Waals surface area contributed by atoms with Gasteiger partial charge in [0.15, 0.2) is 5.84 Å². The number of nitrogens with zero attached hydrogens (tertiary/aromatic N) is 4. The molecule has 1 aromatic heterocycles. The van der Waals surface area contributed by atoms with Crippen molar-refractivity contribution in [2.24, 2.45) is 10.1 Å². The minimum Gasteiger partial charge on any atom is -0.492 e. The Labute approximate surface area is 214 Å². The molecule has 7 nitrogen and oxygen atoms in total. The Bertz CT molecular complexity index is 1550. The van der Waals surface area contributed by atoms with Crippen molar-refractivity contribution in [2.45, 2.75) is 33.5 Å². The number of halogens is 3. The van der Waals surface area contributed by atoms with E-state index < -0.39 is 23.0 Å². The Morgan fingerprint density at radius 1 is 1.11 bits per heavy atom. The number of aromatic nitrogens is 1. The number of para-hydroxylation sites is 1. The highest BCUT2D eigenvalue weighted by Crippen LogP contribution is 2.36. The van der Waals surface area contributed by atoms with Gasteiger partial charge in [0.2, 0.25) is 10.2 Å². The molecule has 2 aliphatic rings. The van der Waals surface area contributed by atoms with Crippen molar-refractivity contribution in [1.82, 2.24) is 9.58 Å². The molecule has 0 bridgehead atoms. The molecule has 0 atom stereocenters. The summed E-state index contributed by atoms with van der Waals surface area (Å²) >= 11 is 0.230. The predicted molar refractivity (Wildman–Crippen MR) is 139 cm³/mol. The van der Waals surface area contributed by atoms with Crippen LogP contribution in [0.15, 0.2) is 58.1 Å². The molecule has 5 rings (SSSR count). The number of nitrogens with one attached hydrogen (secondary N) is 1. The number of benzene rings is 2. The van der Waals surface area contributed by atoms with Crippen LogP contribution in [-0.2, 0) is 11.3 Å². The lowest BCUT2D eigenvalue weighted by atomic mass is 10.1. The van der Waals surface area contributed by atoms with Crippen molar-refractivity contribution in [3.05, 3.63) is 70.4 Å². The van der Waals surface area contributed by atoms with Crippen LogP contribution in [0.2, 0.25) is 0 Å². The second kappa shape index (κ2) is 9.22. The van der Waals surface area contributed by atoms with Crippen molar-refractivity contribution in [3.63, 3.8) is 0 Å². The first-order valence-electron chi connectivity index (χ1n) is 11.4. The highest BCUT2D eigenvalue weighted by Gasteiger charge is 2.46. The minimum atomic E-state index is -4.69. The lowest BCUT2D eigenvalue weighted by molar-refractivity contribution is -0.114. The van der Waals surface area contributed by atoms with Crippen LogP contribution in [0.4, 0.5) is 13.2 Å². The van der Waals surface area contributed by atoms with E-state index in [1.807, 2.05) is 63.2 Å². The summed E-state index contributed by atoms with van der Waals surface area (Å²) in [6.45, 7) is 6.88. The third-order valence-electron chi connectivity index (χ3n) is 6.33. The molecule has 0 fully saturated rings. The molecule has 0 saturated heterocycles. The first kappa shape index (κ1) is 24.8. The van der Waals surface area contributed by atoms with E-state index in [2.05, 4.69) is 14.7 Å². The van der Waals surface area contributed by atoms with Gasteiger partial charge >= 0.3 is 6.18 Å². The molecule has 0 aliphatic carbocycles. The largest absolute Gasteiger partial charge is 0.492 e. The van der Waals surface area contributed by atoms with Gasteiger partial charge in [0, 0.05) is 22.2 Å². The normalized spacial score (nSPS) is 16.9. The Hall–Kier alpha value is -3.86. The standard InChI is InChI=1S/C26H22F3N5O2S/c1-14-8-9-17(12-15(14)2)36-11-10-33-16(3)19(18-6-4-5-7-21(18)33)13-20-22(30)34-25(31-23(20)35)37-24(32-34)26(27,28)29/h4-9,12-13,30H,10-11H2,1-3H3. The first-order chi connectivity index (χ1) is 17.5. The van der Waals surface area contributed by atoms with Crippen molar-refractivity contribution in [2.75, 3.05) is 6.61 Å². The summed E-state index contributed by atoms with van der Waals surface area (Å²) in [5.74, 6) is -0.454. The molecule has 190 valence electrons. The van der Waals surface area contributed by atoms with Crippen LogP contribution in [0, 0.1) is 26.2 Å². The van der Waals surface area contributed by atoms with Crippen molar-refractivity contribution in [1.29, 1.82) is 5.41 Å². The van der Waals surface area contributed by atoms with Gasteiger partial charge < -0.3 is 9.30 Å². The van der Waals surface area contributed by atoms with E-state index in [0.717, 1.165) is 32.9 Å². The van der Waals surface area contributed by atoms with Crippen LogP contribution >= 0.6 is 11.8 Å². The van der Waals surface area contributed by atoms with Gasteiger partial charge in [-0.15, -0.1) is 0 Å². The highest BCUT2D eigenvalue weighted by molar-refractivity contribution is 8.27. The second-order valence-electron chi connectivity index (χ2n) is 8.69. The van der Waals surface area contributed by atoms with E-state index in [-0.39, 0.29) is 22.5 Å². The topological polar surface area (TPSA) is 83.0 Å². The SMILES string of the molecule is Cc1ccc(OCCn2c(C)c(C=C3C(=N)N4N=C(C(F)(F)F)SC4=NC3=O)c3ccccc32)cc1C. The molecule has 1 amide bonds. The van der Waals surface area contributed by atoms with Gasteiger partial charge in [-0.05, 0) is 67.9 Å². The van der Waals surface area contributed by atoms with Crippen LogP contribution in [0.1, 0.15) is 22.4 Å². The molecule has 2 aliphatic heterocycles. The number of amidine groups is 2. The quantitative estimate of drug-likeness (QED) is 0.425. The number of carbonyl (C=O) groups is 1. The maximum absolute atomic E-state index is 13.1. The fraction of sp³-hybridized carbons (Fsp3) is 0.231. The summed E-state index contributed by atoms with van der Waals surface area (Å²) in [4.78, 5) is 16.5. The highest BCUT2D eigenvalue weighted by atomic mass is 32.2. The van der Waals surface area contributed by atoms with E-state index in [4.69, 9.17) is 10.1 Å². The number of aryl methyl sites for hydroxylation is 2. The lowest BCUT2D eigenvalue weighted by Gasteiger charge is -2.20. The number of thioether (sulfide) groups is 1. The molecule has 0 saturated carbocycles. The van der Waals surface area contributed by atoms with E-state index in [1.54, 1.807) is 0 Å². The predicted octanol–water partition coefficient (Wildman–Crippen LogP) is 5.83. The molecule has 2 aromatic carbocycles. The Balaban J connectivity index is 1.47. The van der Waals surface area contributed by atoms with Gasteiger partial charge in [-0.3, -0.25) is 10.2 Å². The van der Waals surface area contributed by atoms with Crippen LogP contribution in [0.5, 0.6) is 5.75 Å². The summed E-state index contributed by atoms with van der Waals surface area (Å²) in [6, 6.07) is 13.5. The molecular weight excluding hydrogens is 503 g/mol. The Morgan fingerprint density at radius 3 is 2.59 bits per heavy atom. The maximum Gasteiger partial charge on any atom is 0.441 e. The van der Waals surface area contributed by atoms with Gasteiger partial charge in [-0.25, -0.2) is 0 Å². The number of hydrazone groups is 1. The molecule has 0 unspecified atom stereocenters. The zero-order valence-corrected chi connectivity index (χ0v) is 21.0. The molecule has 0 radical (unpaired) electrons. The summed E-state index contributed by atoms with van der Waals surface area (Å²) < 4.78 is 47.4. The third kappa shape index (κ3) is 4.55. The molecule has 11 heteroatoms. The van der Waals surface area contributed by atoms with E-state index in [0.29, 0.717) is 18.7 Å². The fourth-order valence-corrected chi connectivity index (χ4v) is 5.00. The number of hydrogen-bond donors (Lipinski definition) is 1. The van der Waals surface area contributed by atoms with E-state index >= 15 is 0 Å². The summed E-state index contributed by atoms with van der Waals surface area (Å²) in [5, 5.41) is 12.0. The van der Waals surface area contributed by atoms with Crippen molar-refractivity contribution >= 4 is 50.7 Å². The Kier molecular flexibility index (Phi) is 6.18. The number of amides is 1. The summed E-state index contributed by atoms with van der Waals surface area (Å²) in [6.07, 6.45) is -3.18. The molecule has 0 spiro atoms.